The summed E-state index contributed by atoms with van der Waals surface area (Å²) in [6, 6.07) is 18.9. The van der Waals surface area contributed by atoms with Gasteiger partial charge in [0.2, 0.25) is 0 Å². The molecule has 35 heavy (non-hydrogen) atoms. The van der Waals surface area contributed by atoms with Crippen molar-refractivity contribution in [1.29, 1.82) is 0 Å². The molecule has 4 aromatic rings. The van der Waals surface area contributed by atoms with E-state index < -0.39 is 0 Å². The number of aromatic nitrogens is 3. The minimum atomic E-state index is -0.284. The van der Waals surface area contributed by atoms with Crippen LogP contribution >= 0.6 is 0 Å². The molecule has 1 amide bonds. The second-order valence-corrected chi connectivity index (χ2v) is 8.52. The standard InChI is InChI=1S/C28H26N4O3/c33-25-11-6-9-21-22(25)12-13-26(23(21)17-31-28(34)24-10-4-5-14-30-24)35-27(18-32-16-15-29-19-32)20-7-2-1-3-8-20/h1-5,7-8,10,12-16,19,27H,6,9,11,17-18H2,(H,31,34). The van der Waals surface area contributed by atoms with Gasteiger partial charge in [-0.2, -0.15) is 0 Å². The number of pyridine rings is 1. The Morgan fingerprint density at radius 3 is 2.66 bits per heavy atom. The van der Waals surface area contributed by atoms with E-state index in [0.717, 1.165) is 35.1 Å². The minimum Gasteiger partial charge on any atom is -0.483 e. The number of ketones is 1. The first kappa shape index (κ1) is 22.5. The van der Waals surface area contributed by atoms with E-state index in [0.29, 0.717) is 24.4 Å². The second-order valence-electron chi connectivity index (χ2n) is 8.52. The Morgan fingerprint density at radius 1 is 1.03 bits per heavy atom. The molecule has 2 heterocycles. The van der Waals surface area contributed by atoms with Crippen molar-refractivity contribution < 1.29 is 14.3 Å². The van der Waals surface area contributed by atoms with Crippen LogP contribution in [0.4, 0.5) is 0 Å². The number of nitrogens with one attached hydrogen (secondary N) is 1. The third kappa shape index (κ3) is 5.14. The lowest BCUT2D eigenvalue weighted by Crippen LogP contribution is -2.26. The molecule has 1 atom stereocenters. The maximum atomic E-state index is 12.7. The SMILES string of the molecule is O=C(NCc1c(OC(Cn2ccnc2)c2ccccc2)ccc2c1CCCC2=O)c1ccccn1. The first-order valence-corrected chi connectivity index (χ1v) is 11.7. The highest BCUT2D eigenvalue weighted by atomic mass is 16.5. The van der Waals surface area contributed by atoms with Crippen molar-refractivity contribution in [2.75, 3.05) is 0 Å². The summed E-state index contributed by atoms with van der Waals surface area (Å²) < 4.78 is 8.59. The number of carbonyl (C=O) groups excluding carboxylic acids is 2. The van der Waals surface area contributed by atoms with Crippen molar-refractivity contribution in [3.05, 3.63) is 114 Å². The van der Waals surface area contributed by atoms with Crippen LogP contribution in [0.5, 0.6) is 5.75 Å². The number of hydrogen-bond donors (Lipinski definition) is 1. The monoisotopic (exact) mass is 466 g/mol. The van der Waals surface area contributed by atoms with E-state index in [1.807, 2.05) is 53.2 Å². The second kappa shape index (κ2) is 10.3. The molecule has 0 spiro atoms. The van der Waals surface area contributed by atoms with Crippen LogP contribution in [0, 0.1) is 0 Å². The van der Waals surface area contributed by atoms with Gasteiger partial charge in [0.15, 0.2) is 5.78 Å². The van der Waals surface area contributed by atoms with Crippen molar-refractivity contribution >= 4 is 11.7 Å². The van der Waals surface area contributed by atoms with Gasteiger partial charge in [-0.3, -0.25) is 14.6 Å². The zero-order valence-electron chi connectivity index (χ0n) is 19.3. The van der Waals surface area contributed by atoms with Gasteiger partial charge in [0.25, 0.3) is 5.91 Å². The van der Waals surface area contributed by atoms with Crippen LogP contribution in [0.3, 0.4) is 0 Å². The fraction of sp³-hybridized carbons (Fsp3) is 0.214. The van der Waals surface area contributed by atoms with Gasteiger partial charge in [0.1, 0.15) is 17.5 Å². The molecule has 1 aliphatic carbocycles. The molecule has 5 rings (SSSR count). The highest BCUT2D eigenvalue weighted by molar-refractivity contribution is 5.99. The van der Waals surface area contributed by atoms with Gasteiger partial charge in [0.05, 0.1) is 12.9 Å². The highest BCUT2D eigenvalue weighted by Gasteiger charge is 2.25. The number of hydrogen-bond acceptors (Lipinski definition) is 5. The van der Waals surface area contributed by atoms with Gasteiger partial charge in [-0.1, -0.05) is 36.4 Å². The molecule has 0 radical (unpaired) electrons. The van der Waals surface area contributed by atoms with E-state index in [4.69, 9.17) is 4.74 Å². The molecule has 1 N–H and O–H groups in total. The number of Topliss-reactive ketones (excluding diaryl/α,β-unsaturated/α-hetero) is 1. The predicted molar refractivity (Wildman–Crippen MR) is 131 cm³/mol. The Hall–Kier alpha value is -4.26. The molecule has 0 aliphatic heterocycles. The molecule has 1 aliphatic rings. The first-order valence-electron chi connectivity index (χ1n) is 11.7. The number of benzene rings is 2. The molecule has 7 nitrogen and oxygen atoms in total. The van der Waals surface area contributed by atoms with E-state index in [-0.39, 0.29) is 24.3 Å². The van der Waals surface area contributed by atoms with Gasteiger partial charge in [-0.15, -0.1) is 0 Å². The van der Waals surface area contributed by atoms with Crippen molar-refractivity contribution in [3.8, 4) is 5.75 Å². The van der Waals surface area contributed by atoms with Crippen LogP contribution in [0.25, 0.3) is 0 Å². The lowest BCUT2D eigenvalue weighted by molar-refractivity contribution is 0.0944. The highest BCUT2D eigenvalue weighted by Crippen LogP contribution is 2.34. The quantitative estimate of drug-likeness (QED) is 0.412. The maximum absolute atomic E-state index is 12.7. The van der Waals surface area contributed by atoms with Crippen molar-refractivity contribution in [2.45, 2.75) is 38.5 Å². The van der Waals surface area contributed by atoms with E-state index in [2.05, 4.69) is 15.3 Å². The average molecular weight is 467 g/mol. The fourth-order valence-electron chi connectivity index (χ4n) is 4.46. The van der Waals surface area contributed by atoms with E-state index in [9.17, 15) is 9.59 Å². The lowest BCUT2D eigenvalue weighted by atomic mass is 9.86. The Balaban J connectivity index is 1.48. The predicted octanol–water partition coefficient (Wildman–Crippen LogP) is 4.55. The van der Waals surface area contributed by atoms with Gasteiger partial charge in [0, 0.05) is 42.7 Å². The molecule has 1 unspecified atom stereocenters. The Labute approximate surface area is 203 Å². The molecule has 0 saturated heterocycles. The number of amides is 1. The van der Waals surface area contributed by atoms with Crippen molar-refractivity contribution in [1.82, 2.24) is 19.9 Å². The largest absolute Gasteiger partial charge is 0.483 e. The number of ether oxygens (including phenoxy) is 1. The Bertz CT molecular complexity index is 1310. The summed E-state index contributed by atoms with van der Waals surface area (Å²) in [6.07, 6.45) is 8.81. The molecule has 176 valence electrons. The lowest BCUT2D eigenvalue weighted by Gasteiger charge is -2.26. The summed E-state index contributed by atoms with van der Waals surface area (Å²) in [5.74, 6) is 0.524. The molecular formula is C28H26N4O3. The van der Waals surface area contributed by atoms with E-state index in [1.165, 1.54) is 0 Å². The van der Waals surface area contributed by atoms with Crippen LogP contribution in [0.2, 0.25) is 0 Å². The number of fused-ring (bicyclic) bond motifs is 1. The summed E-state index contributed by atoms with van der Waals surface area (Å²) in [6.45, 7) is 0.813. The molecule has 2 aromatic heterocycles. The number of nitrogens with zero attached hydrogens (tertiary/aromatic N) is 3. The third-order valence-electron chi connectivity index (χ3n) is 6.22. The molecule has 0 saturated carbocycles. The Morgan fingerprint density at radius 2 is 1.89 bits per heavy atom. The summed E-state index contributed by atoms with van der Waals surface area (Å²) in [4.78, 5) is 33.6. The van der Waals surface area contributed by atoms with Crippen molar-refractivity contribution in [3.63, 3.8) is 0 Å². The van der Waals surface area contributed by atoms with E-state index in [1.54, 1.807) is 36.9 Å². The number of imidazole rings is 1. The zero-order chi connectivity index (χ0) is 24.0. The van der Waals surface area contributed by atoms with Gasteiger partial charge in [-0.05, 0) is 48.2 Å². The smallest absolute Gasteiger partial charge is 0.270 e. The molecule has 7 heteroatoms. The van der Waals surface area contributed by atoms with Crippen LogP contribution in [-0.2, 0) is 19.5 Å². The molecule has 0 fully saturated rings. The van der Waals surface area contributed by atoms with Crippen LogP contribution in [0.1, 0.15) is 56.5 Å². The van der Waals surface area contributed by atoms with Gasteiger partial charge >= 0.3 is 0 Å². The third-order valence-corrected chi connectivity index (χ3v) is 6.22. The molecule has 0 bridgehead atoms. The zero-order valence-corrected chi connectivity index (χ0v) is 19.3. The van der Waals surface area contributed by atoms with Crippen LogP contribution < -0.4 is 10.1 Å². The topological polar surface area (TPSA) is 86.1 Å². The Kier molecular flexibility index (Phi) is 6.66. The minimum absolute atomic E-state index is 0.133. The summed E-state index contributed by atoms with van der Waals surface area (Å²) in [5.41, 5.74) is 3.88. The molecule has 2 aromatic carbocycles. The number of carbonyl (C=O) groups is 2. The van der Waals surface area contributed by atoms with Gasteiger partial charge in [-0.25, -0.2) is 4.98 Å². The normalized spacial score (nSPS) is 13.7. The van der Waals surface area contributed by atoms with Gasteiger partial charge < -0.3 is 14.6 Å². The maximum Gasteiger partial charge on any atom is 0.270 e. The van der Waals surface area contributed by atoms with Crippen LogP contribution in [-0.4, -0.2) is 26.2 Å². The average Bonchev–Trinajstić information content (AvgIpc) is 3.42. The summed E-state index contributed by atoms with van der Waals surface area (Å²) in [5, 5.41) is 2.97. The summed E-state index contributed by atoms with van der Waals surface area (Å²) in [7, 11) is 0. The first-order chi connectivity index (χ1) is 17.2. The summed E-state index contributed by atoms with van der Waals surface area (Å²) >= 11 is 0. The van der Waals surface area contributed by atoms with E-state index >= 15 is 0 Å². The molecular weight excluding hydrogens is 440 g/mol. The number of rotatable bonds is 8. The fourth-order valence-corrected chi connectivity index (χ4v) is 4.46. The van der Waals surface area contributed by atoms with Crippen LogP contribution in [0.15, 0.2) is 85.6 Å². The van der Waals surface area contributed by atoms with Crippen molar-refractivity contribution in [2.24, 2.45) is 0 Å².